The molecule has 1 aromatic carbocycles. The van der Waals surface area contributed by atoms with E-state index in [1.54, 1.807) is 18.2 Å². The van der Waals surface area contributed by atoms with Crippen LogP contribution in [0.1, 0.15) is 0 Å². The minimum atomic E-state index is -1.10. The summed E-state index contributed by atoms with van der Waals surface area (Å²) in [5.74, 6) is -2.21. The number of aromatic hydroxyl groups is 1. The van der Waals surface area contributed by atoms with Crippen molar-refractivity contribution in [1.29, 1.82) is 0 Å². The molecule has 0 amide bonds. The highest BCUT2D eigenvalue weighted by atomic mass is 32.2. The summed E-state index contributed by atoms with van der Waals surface area (Å²) in [6.45, 7) is 0. The van der Waals surface area contributed by atoms with Crippen LogP contribution in [0.25, 0.3) is 0 Å². The molecular formula is C11H13NO5S. The number of thioether (sulfide) groups is 1. The van der Waals surface area contributed by atoms with Crippen molar-refractivity contribution in [3.05, 3.63) is 24.3 Å². The molecule has 4 N–H and O–H groups in total. The first-order valence-electron chi connectivity index (χ1n) is 5.07. The van der Waals surface area contributed by atoms with Crippen molar-refractivity contribution < 1.29 is 24.9 Å². The van der Waals surface area contributed by atoms with Crippen molar-refractivity contribution in [2.24, 2.45) is 0 Å². The quantitative estimate of drug-likeness (QED) is 0.549. The smallest absolute Gasteiger partial charge is 0.326 e. The molecular weight excluding hydrogens is 258 g/mol. The lowest BCUT2D eigenvalue weighted by Crippen LogP contribution is -2.32. The van der Waals surface area contributed by atoms with Crippen LogP contribution in [-0.2, 0) is 9.59 Å². The maximum absolute atomic E-state index is 11.0. The Morgan fingerprint density at radius 3 is 2.50 bits per heavy atom. The average Bonchev–Trinajstić information content (AvgIpc) is 2.29. The Hall–Kier alpha value is -1.89. The van der Waals surface area contributed by atoms with Crippen LogP contribution in [0.5, 0.6) is 5.75 Å². The third-order valence-electron chi connectivity index (χ3n) is 2.04. The van der Waals surface area contributed by atoms with E-state index in [2.05, 4.69) is 5.32 Å². The summed E-state index contributed by atoms with van der Waals surface area (Å²) >= 11 is 0.998. The molecule has 1 atom stereocenters. The van der Waals surface area contributed by atoms with E-state index in [4.69, 9.17) is 10.2 Å². The molecule has 0 unspecified atom stereocenters. The van der Waals surface area contributed by atoms with Crippen LogP contribution in [0.4, 0.5) is 5.69 Å². The number of carboxylic acid groups (broad SMARTS) is 2. The van der Waals surface area contributed by atoms with Crippen molar-refractivity contribution in [3.63, 3.8) is 0 Å². The standard InChI is InChI=1S/C11H13NO5S/c13-9-4-2-1-3-7(9)12-8(11(16)17)5-18-6-10(14)15/h1-4,8,12-13H,5-6H2,(H,14,15)(H,16,17)/t8-/m0/s1. The molecule has 0 aliphatic carbocycles. The predicted octanol–water partition coefficient (Wildman–Crippen LogP) is 1.08. The highest BCUT2D eigenvalue weighted by Crippen LogP contribution is 2.23. The molecule has 98 valence electrons. The number of anilines is 1. The Morgan fingerprint density at radius 2 is 1.94 bits per heavy atom. The Labute approximate surface area is 108 Å². The zero-order chi connectivity index (χ0) is 13.5. The lowest BCUT2D eigenvalue weighted by atomic mass is 10.2. The Morgan fingerprint density at radius 1 is 1.28 bits per heavy atom. The number of carbonyl (C=O) groups is 2. The summed E-state index contributed by atoms with van der Waals surface area (Å²) in [7, 11) is 0. The van der Waals surface area contributed by atoms with E-state index in [0.717, 1.165) is 11.8 Å². The molecule has 0 spiro atoms. The van der Waals surface area contributed by atoms with Gasteiger partial charge in [-0.2, -0.15) is 0 Å². The van der Waals surface area contributed by atoms with Crippen LogP contribution in [0, 0.1) is 0 Å². The molecule has 0 saturated heterocycles. The molecule has 0 aromatic heterocycles. The number of phenolic OH excluding ortho intramolecular Hbond substituents is 1. The van der Waals surface area contributed by atoms with Gasteiger partial charge in [0, 0.05) is 5.75 Å². The second kappa shape index (κ2) is 6.75. The van der Waals surface area contributed by atoms with Gasteiger partial charge < -0.3 is 20.6 Å². The number of hydrogen-bond acceptors (Lipinski definition) is 5. The first kappa shape index (κ1) is 14.2. The summed E-state index contributed by atoms with van der Waals surface area (Å²) in [4.78, 5) is 21.3. The van der Waals surface area contributed by atoms with Gasteiger partial charge in [-0.15, -0.1) is 11.8 Å². The minimum absolute atomic E-state index is 0.0491. The number of phenols is 1. The minimum Gasteiger partial charge on any atom is -0.506 e. The van der Waals surface area contributed by atoms with E-state index in [1.165, 1.54) is 6.07 Å². The van der Waals surface area contributed by atoms with Crippen LogP contribution in [0.2, 0.25) is 0 Å². The van der Waals surface area contributed by atoms with Gasteiger partial charge in [0.1, 0.15) is 11.8 Å². The monoisotopic (exact) mass is 271 g/mol. The number of carboxylic acids is 2. The van der Waals surface area contributed by atoms with Crippen LogP contribution < -0.4 is 5.32 Å². The number of nitrogens with one attached hydrogen (secondary N) is 1. The highest BCUT2D eigenvalue weighted by molar-refractivity contribution is 8.00. The normalized spacial score (nSPS) is 11.8. The van der Waals surface area contributed by atoms with Gasteiger partial charge in [-0.25, -0.2) is 4.79 Å². The highest BCUT2D eigenvalue weighted by Gasteiger charge is 2.18. The molecule has 0 radical (unpaired) electrons. The third kappa shape index (κ3) is 4.54. The molecule has 18 heavy (non-hydrogen) atoms. The van der Waals surface area contributed by atoms with Gasteiger partial charge in [-0.1, -0.05) is 12.1 Å². The van der Waals surface area contributed by atoms with E-state index in [9.17, 15) is 14.7 Å². The largest absolute Gasteiger partial charge is 0.506 e. The Balaban J connectivity index is 2.61. The topological polar surface area (TPSA) is 107 Å². The van der Waals surface area contributed by atoms with Crippen molar-refractivity contribution in [3.8, 4) is 5.75 Å². The summed E-state index contributed by atoms with van der Waals surface area (Å²) in [5.41, 5.74) is 0.306. The zero-order valence-corrected chi connectivity index (χ0v) is 10.2. The molecule has 0 aliphatic heterocycles. The van der Waals surface area contributed by atoms with Crippen molar-refractivity contribution in [1.82, 2.24) is 0 Å². The molecule has 0 aliphatic rings. The van der Waals surface area contributed by atoms with E-state index in [-0.39, 0.29) is 17.3 Å². The number of aliphatic carboxylic acids is 2. The van der Waals surface area contributed by atoms with Gasteiger partial charge >= 0.3 is 11.9 Å². The molecule has 0 heterocycles. The van der Waals surface area contributed by atoms with Crippen LogP contribution in [0.3, 0.4) is 0 Å². The molecule has 1 aromatic rings. The van der Waals surface area contributed by atoms with Gasteiger partial charge in [-0.05, 0) is 12.1 Å². The molecule has 0 bridgehead atoms. The first-order valence-corrected chi connectivity index (χ1v) is 6.23. The van der Waals surface area contributed by atoms with E-state index in [0.29, 0.717) is 5.69 Å². The van der Waals surface area contributed by atoms with E-state index < -0.39 is 18.0 Å². The summed E-state index contributed by atoms with van der Waals surface area (Å²) in [6.07, 6.45) is 0. The molecule has 6 nitrogen and oxygen atoms in total. The number of benzene rings is 1. The van der Waals surface area contributed by atoms with Crippen LogP contribution in [-0.4, -0.2) is 44.8 Å². The van der Waals surface area contributed by atoms with Crippen molar-refractivity contribution in [2.45, 2.75) is 6.04 Å². The van der Waals surface area contributed by atoms with Crippen molar-refractivity contribution in [2.75, 3.05) is 16.8 Å². The predicted molar refractivity (Wildman–Crippen MR) is 68.1 cm³/mol. The summed E-state index contributed by atoms with van der Waals surface area (Å²) in [6, 6.07) is 5.31. The molecule has 1 rings (SSSR count). The maximum atomic E-state index is 11.0. The zero-order valence-electron chi connectivity index (χ0n) is 9.37. The third-order valence-corrected chi connectivity index (χ3v) is 3.06. The molecule has 0 fully saturated rings. The second-order valence-corrected chi connectivity index (χ2v) is 4.49. The number of para-hydroxylation sites is 2. The fourth-order valence-corrected chi connectivity index (χ4v) is 1.98. The van der Waals surface area contributed by atoms with Gasteiger partial charge in [0.15, 0.2) is 0 Å². The fraction of sp³-hybridized carbons (Fsp3) is 0.273. The van der Waals surface area contributed by atoms with Gasteiger partial charge in [0.25, 0.3) is 0 Å². The molecule has 7 heteroatoms. The van der Waals surface area contributed by atoms with Crippen LogP contribution >= 0.6 is 11.8 Å². The SMILES string of the molecule is O=C(O)CSC[C@H](Nc1ccccc1O)C(=O)O. The first-order chi connectivity index (χ1) is 8.50. The second-order valence-electron chi connectivity index (χ2n) is 3.46. The lowest BCUT2D eigenvalue weighted by molar-refractivity contribution is -0.137. The Bertz CT molecular complexity index is 437. The van der Waals surface area contributed by atoms with Gasteiger partial charge in [0.2, 0.25) is 0 Å². The number of hydrogen-bond donors (Lipinski definition) is 4. The molecule has 0 saturated carbocycles. The van der Waals surface area contributed by atoms with Gasteiger partial charge in [0.05, 0.1) is 11.4 Å². The van der Waals surface area contributed by atoms with Gasteiger partial charge in [-0.3, -0.25) is 4.79 Å². The lowest BCUT2D eigenvalue weighted by Gasteiger charge is -2.15. The number of rotatable bonds is 7. The van der Waals surface area contributed by atoms with E-state index >= 15 is 0 Å². The van der Waals surface area contributed by atoms with Crippen molar-refractivity contribution >= 4 is 29.4 Å². The summed E-state index contributed by atoms with van der Waals surface area (Å²) in [5, 5.41) is 29.6. The maximum Gasteiger partial charge on any atom is 0.326 e. The Kier molecular flexibility index (Phi) is 5.31. The summed E-state index contributed by atoms with van der Waals surface area (Å²) < 4.78 is 0. The fourth-order valence-electron chi connectivity index (χ4n) is 1.22. The average molecular weight is 271 g/mol. The van der Waals surface area contributed by atoms with Crippen LogP contribution in [0.15, 0.2) is 24.3 Å². The van der Waals surface area contributed by atoms with E-state index in [1.807, 2.05) is 0 Å².